The molecule has 0 radical (unpaired) electrons. The van der Waals surface area contributed by atoms with Crippen LogP contribution < -0.4 is 4.72 Å². The summed E-state index contributed by atoms with van der Waals surface area (Å²) in [6.07, 6.45) is 2.18. The number of H-pyrrole nitrogens is 1. The maximum absolute atomic E-state index is 12.8. The van der Waals surface area contributed by atoms with E-state index in [9.17, 15) is 8.42 Å². The molecule has 0 spiro atoms. The molecular weight excluding hydrogens is 382 g/mol. The molecular formula is C23H29N3O2S. The molecule has 0 saturated carbocycles. The molecule has 3 aromatic rings. The quantitative estimate of drug-likeness (QED) is 0.609. The van der Waals surface area contributed by atoms with Crippen LogP contribution in [0.5, 0.6) is 0 Å². The highest BCUT2D eigenvalue weighted by Gasteiger charge is 2.21. The molecule has 2 N–H and O–H groups in total. The number of rotatable bonds is 6. The minimum Gasteiger partial charge on any atom is -0.357 e. The molecule has 0 saturated heterocycles. The van der Waals surface area contributed by atoms with Gasteiger partial charge in [-0.25, -0.2) is 8.42 Å². The molecule has 29 heavy (non-hydrogen) atoms. The van der Waals surface area contributed by atoms with Gasteiger partial charge in [0.1, 0.15) is 0 Å². The monoisotopic (exact) mass is 411 g/mol. The smallest absolute Gasteiger partial charge is 0.261 e. The fraction of sp³-hybridized carbons (Fsp3) is 0.391. The summed E-state index contributed by atoms with van der Waals surface area (Å²) in [5, 5.41) is 1.19. The van der Waals surface area contributed by atoms with Crippen molar-refractivity contribution in [2.45, 2.75) is 51.0 Å². The molecule has 0 atom stereocenters. The third kappa shape index (κ3) is 4.05. The van der Waals surface area contributed by atoms with Crippen molar-refractivity contribution in [3.63, 3.8) is 0 Å². The van der Waals surface area contributed by atoms with E-state index in [0.717, 1.165) is 43.6 Å². The molecule has 1 aromatic heterocycles. The lowest BCUT2D eigenvalue weighted by Crippen LogP contribution is -2.30. The van der Waals surface area contributed by atoms with Crippen LogP contribution in [0, 0.1) is 0 Å². The average Bonchev–Trinajstić information content (AvgIpc) is 3.04. The maximum Gasteiger partial charge on any atom is 0.261 e. The highest BCUT2D eigenvalue weighted by molar-refractivity contribution is 7.92. The summed E-state index contributed by atoms with van der Waals surface area (Å²) in [6.45, 7) is 9.50. The second-order valence-corrected chi connectivity index (χ2v) is 9.88. The topological polar surface area (TPSA) is 65.2 Å². The van der Waals surface area contributed by atoms with Gasteiger partial charge in [-0.2, -0.15) is 0 Å². The molecule has 154 valence electrons. The van der Waals surface area contributed by atoms with E-state index in [1.807, 2.05) is 30.3 Å². The zero-order chi connectivity index (χ0) is 20.6. The van der Waals surface area contributed by atoms with Gasteiger partial charge in [0.25, 0.3) is 10.0 Å². The number of hydrogen-bond donors (Lipinski definition) is 2. The molecule has 0 bridgehead atoms. The maximum atomic E-state index is 12.8. The summed E-state index contributed by atoms with van der Waals surface area (Å²) >= 11 is 0. The van der Waals surface area contributed by atoms with Crippen LogP contribution >= 0.6 is 0 Å². The summed E-state index contributed by atoms with van der Waals surface area (Å²) in [7, 11) is -3.61. The van der Waals surface area contributed by atoms with E-state index in [4.69, 9.17) is 0 Å². The Labute approximate surface area is 173 Å². The van der Waals surface area contributed by atoms with Crippen LogP contribution in [0.25, 0.3) is 10.9 Å². The first-order valence-corrected chi connectivity index (χ1v) is 11.8. The van der Waals surface area contributed by atoms with Crippen molar-refractivity contribution in [3.8, 4) is 0 Å². The first-order chi connectivity index (χ1) is 13.9. The first kappa shape index (κ1) is 20.0. The van der Waals surface area contributed by atoms with Crippen LogP contribution in [0.4, 0.5) is 5.69 Å². The van der Waals surface area contributed by atoms with Gasteiger partial charge in [-0.1, -0.05) is 39.0 Å². The van der Waals surface area contributed by atoms with Gasteiger partial charge in [-0.3, -0.25) is 9.62 Å². The van der Waals surface area contributed by atoms with Gasteiger partial charge in [0.2, 0.25) is 0 Å². The molecule has 1 aliphatic heterocycles. The Bertz CT molecular complexity index is 1110. The highest BCUT2D eigenvalue weighted by atomic mass is 32.2. The third-order valence-electron chi connectivity index (χ3n) is 5.70. The second kappa shape index (κ2) is 7.84. The summed E-state index contributed by atoms with van der Waals surface area (Å²) in [4.78, 5) is 6.25. The van der Waals surface area contributed by atoms with Crippen molar-refractivity contribution < 1.29 is 8.42 Å². The predicted octanol–water partition coefficient (Wildman–Crippen LogP) is 4.86. The van der Waals surface area contributed by atoms with E-state index in [0.29, 0.717) is 11.6 Å². The summed E-state index contributed by atoms with van der Waals surface area (Å²) in [5.41, 5.74) is 5.31. The van der Waals surface area contributed by atoms with Gasteiger partial charge < -0.3 is 4.98 Å². The number of aromatic nitrogens is 1. The number of sulfonamides is 1. The predicted molar refractivity (Wildman–Crippen MR) is 119 cm³/mol. The lowest BCUT2D eigenvalue weighted by Gasteiger charge is -2.26. The van der Waals surface area contributed by atoms with Gasteiger partial charge in [-0.05, 0) is 60.7 Å². The zero-order valence-corrected chi connectivity index (χ0v) is 18.1. The van der Waals surface area contributed by atoms with Crippen LogP contribution in [0.2, 0.25) is 0 Å². The molecule has 6 heteroatoms. The largest absolute Gasteiger partial charge is 0.357 e. The van der Waals surface area contributed by atoms with Crippen LogP contribution in [0.1, 0.15) is 49.9 Å². The Balaban J connectivity index is 1.58. The Kier molecular flexibility index (Phi) is 5.40. The third-order valence-corrected chi connectivity index (χ3v) is 7.10. The van der Waals surface area contributed by atoms with E-state index < -0.39 is 10.0 Å². The van der Waals surface area contributed by atoms with Gasteiger partial charge in [-0.15, -0.1) is 0 Å². The fourth-order valence-electron chi connectivity index (χ4n) is 4.12. The average molecular weight is 412 g/mol. The normalized spacial score (nSPS) is 15.0. The summed E-state index contributed by atoms with van der Waals surface area (Å²) in [5.74, 6) is 0.370. The van der Waals surface area contributed by atoms with E-state index >= 15 is 0 Å². The number of anilines is 1. The molecule has 0 fully saturated rings. The molecule has 5 nitrogen and oxygen atoms in total. The molecule has 2 heterocycles. The molecule has 1 aliphatic rings. The van der Waals surface area contributed by atoms with Gasteiger partial charge in [0, 0.05) is 29.7 Å². The van der Waals surface area contributed by atoms with Crippen LogP contribution in [0.3, 0.4) is 0 Å². The Hall–Kier alpha value is -2.31. The van der Waals surface area contributed by atoms with Crippen molar-refractivity contribution in [2.24, 2.45) is 0 Å². The van der Waals surface area contributed by atoms with E-state index in [1.54, 1.807) is 12.1 Å². The van der Waals surface area contributed by atoms with Gasteiger partial charge in [0.15, 0.2) is 0 Å². The van der Waals surface area contributed by atoms with Gasteiger partial charge >= 0.3 is 0 Å². The second-order valence-electron chi connectivity index (χ2n) is 8.20. The van der Waals surface area contributed by atoms with E-state index in [2.05, 4.69) is 35.4 Å². The molecule has 0 amide bonds. The molecule has 4 rings (SSSR count). The highest BCUT2D eigenvalue weighted by Crippen LogP contribution is 2.30. The minimum atomic E-state index is -3.61. The van der Waals surface area contributed by atoms with Crippen molar-refractivity contribution >= 4 is 26.6 Å². The van der Waals surface area contributed by atoms with Crippen molar-refractivity contribution in [3.05, 3.63) is 59.3 Å². The standard InChI is InChI=1S/C23H29N3O2S/c1-4-12-26-13-11-21-20-10-7-18(14-22(20)24-23(21)15-26)25-29(27,28)19-8-5-17(6-9-19)16(2)3/h5-10,14,16,24-25H,4,11-13,15H2,1-3H3. The zero-order valence-electron chi connectivity index (χ0n) is 17.3. The Morgan fingerprint density at radius 3 is 2.59 bits per heavy atom. The first-order valence-electron chi connectivity index (χ1n) is 10.4. The molecule has 2 aromatic carbocycles. The van der Waals surface area contributed by atoms with Crippen LogP contribution in [0.15, 0.2) is 47.4 Å². The van der Waals surface area contributed by atoms with Gasteiger partial charge in [0.05, 0.1) is 10.6 Å². The Morgan fingerprint density at radius 1 is 1.14 bits per heavy atom. The van der Waals surface area contributed by atoms with E-state index in [-0.39, 0.29) is 4.90 Å². The number of nitrogens with zero attached hydrogens (tertiary/aromatic N) is 1. The summed E-state index contributed by atoms with van der Waals surface area (Å²) < 4.78 is 28.3. The lowest BCUT2D eigenvalue weighted by atomic mass is 10.0. The van der Waals surface area contributed by atoms with Crippen LogP contribution in [-0.2, 0) is 23.0 Å². The van der Waals surface area contributed by atoms with Crippen molar-refractivity contribution in [1.29, 1.82) is 0 Å². The minimum absolute atomic E-state index is 0.281. The number of nitrogens with one attached hydrogen (secondary N) is 2. The molecule has 0 unspecified atom stereocenters. The summed E-state index contributed by atoms with van der Waals surface area (Å²) in [6, 6.07) is 12.9. The van der Waals surface area contributed by atoms with Crippen molar-refractivity contribution in [2.75, 3.05) is 17.8 Å². The number of benzene rings is 2. The SMILES string of the molecule is CCCN1CCc2c([nH]c3cc(NS(=O)(=O)c4ccc(C(C)C)cc4)ccc23)C1. The molecule has 0 aliphatic carbocycles. The van der Waals surface area contributed by atoms with Crippen molar-refractivity contribution in [1.82, 2.24) is 9.88 Å². The number of fused-ring (bicyclic) bond motifs is 3. The number of aromatic amines is 1. The number of hydrogen-bond acceptors (Lipinski definition) is 3. The fourth-order valence-corrected chi connectivity index (χ4v) is 5.17. The lowest BCUT2D eigenvalue weighted by molar-refractivity contribution is 0.252. The Morgan fingerprint density at radius 2 is 1.90 bits per heavy atom. The van der Waals surface area contributed by atoms with Crippen LogP contribution in [-0.4, -0.2) is 31.4 Å². The van der Waals surface area contributed by atoms with E-state index in [1.165, 1.54) is 16.6 Å².